The first-order valence-corrected chi connectivity index (χ1v) is 8.48. The van der Waals surface area contributed by atoms with Gasteiger partial charge in [-0.3, -0.25) is 4.79 Å². The molecule has 7 heteroatoms. The predicted octanol–water partition coefficient (Wildman–Crippen LogP) is 2.64. The number of aryl methyl sites for hydroxylation is 1. The summed E-state index contributed by atoms with van der Waals surface area (Å²) in [6.07, 6.45) is 3.08. The Balaban J connectivity index is 1.70. The third-order valence-electron chi connectivity index (χ3n) is 4.86. The first-order valence-electron chi connectivity index (χ1n) is 8.48. The number of carbonyl (C=O) groups is 2. The lowest BCUT2D eigenvalue weighted by Gasteiger charge is -2.24. The summed E-state index contributed by atoms with van der Waals surface area (Å²) >= 11 is 0. The molecule has 0 saturated carbocycles. The Bertz CT molecular complexity index is 1010. The molecule has 1 fully saturated rings. The van der Waals surface area contributed by atoms with Gasteiger partial charge in [-0.05, 0) is 37.1 Å². The number of hydrogen-bond acceptors (Lipinski definition) is 4. The summed E-state index contributed by atoms with van der Waals surface area (Å²) in [6.45, 7) is 0.622. The van der Waals surface area contributed by atoms with Gasteiger partial charge in [0.15, 0.2) is 0 Å². The van der Waals surface area contributed by atoms with Gasteiger partial charge in [-0.15, -0.1) is 0 Å². The normalized spacial score (nSPS) is 17.0. The van der Waals surface area contributed by atoms with Crippen LogP contribution in [-0.2, 0) is 7.05 Å². The number of carboxylic acids is 1. The fraction of sp³-hybridized carbons (Fsp3) is 0.263. The summed E-state index contributed by atoms with van der Waals surface area (Å²) in [5, 5.41) is 9.10. The fourth-order valence-corrected chi connectivity index (χ4v) is 3.59. The van der Waals surface area contributed by atoms with Gasteiger partial charge in [0.25, 0.3) is 5.91 Å². The number of carboxylic acid groups (broad SMARTS) is 1. The number of imidazole rings is 1. The fourth-order valence-electron chi connectivity index (χ4n) is 3.59. The number of benzene rings is 1. The Kier molecular flexibility index (Phi) is 3.91. The van der Waals surface area contributed by atoms with E-state index >= 15 is 0 Å². The Hall–Kier alpha value is -3.22. The minimum atomic E-state index is -1.15. The highest BCUT2D eigenvalue weighted by Gasteiger charge is 2.34. The Morgan fingerprint density at radius 1 is 1.23 bits per heavy atom. The van der Waals surface area contributed by atoms with Gasteiger partial charge in [0.05, 0.1) is 17.1 Å². The van der Waals surface area contributed by atoms with Crippen molar-refractivity contribution >= 4 is 22.9 Å². The zero-order valence-electron chi connectivity index (χ0n) is 14.3. The van der Waals surface area contributed by atoms with Crippen molar-refractivity contribution in [3.63, 3.8) is 0 Å². The molecule has 1 aromatic carbocycles. The molecule has 1 aliphatic heterocycles. The maximum absolute atomic E-state index is 13.0. The number of aromatic carboxylic acids is 1. The molecule has 1 N–H and O–H groups in total. The largest absolute Gasteiger partial charge is 0.477 e. The maximum Gasteiger partial charge on any atom is 0.354 e. The molecule has 4 rings (SSSR count). The third-order valence-corrected chi connectivity index (χ3v) is 4.86. The number of aromatic nitrogens is 3. The van der Waals surface area contributed by atoms with E-state index in [2.05, 4.69) is 4.98 Å². The monoisotopic (exact) mass is 350 g/mol. The molecular weight excluding hydrogens is 332 g/mol. The molecule has 0 radical (unpaired) electrons. The van der Waals surface area contributed by atoms with E-state index in [0.29, 0.717) is 12.1 Å². The van der Waals surface area contributed by atoms with Gasteiger partial charge >= 0.3 is 5.97 Å². The molecule has 132 valence electrons. The predicted molar refractivity (Wildman–Crippen MR) is 94.9 cm³/mol. The van der Waals surface area contributed by atoms with Crippen LogP contribution in [0, 0.1) is 0 Å². The van der Waals surface area contributed by atoms with Crippen molar-refractivity contribution in [1.29, 1.82) is 0 Å². The standard InChI is InChI=1S/C19H18N4O3/c1-22-15-6-3-2-5-13(15)21-17(22)16-7-4-10-23(16)18(24)12-8-9-20-14(11-12)19(25)26/h2-3,5-6,8-9,11,16H,4,7,10H2,1H3,(H,25,26). The van der Waals surface area contributed by atoms with Crippen molar-refractivity contribution in [3.05, 3.63) is 59.7 Å². The van der Waals surface area contributed by atoms with E-state index < -0.39 is 5.97 Å². The molecule has 0 aliphatic carbocycles. The number of amides is 1. The van der Waals surface area contributed by atoms with Crippen LogP contribution in [0.1, 0.15) is 45.6 Å². The summed E-state index contributed by atoms with van der Waals surface area (Å²) < 4.78 is 2.03. The number of carbonyl (C=O) groups excluding carboxylic acids is 1. The van der Waals surface area contributed by atoms with E-state index in [0.717, 1.165) is 29.7 Å². The quantitative estimate of drug-likeness (QED) is 0.784. The van der Waals surface area contributed by atoms with Crippen LogP contribution in [0.3, 0.4) is 0 Å². The third kappa shape index (κ3) is 2.61. The van der Waals surface area contributed by atoms with Crippen molar-refractivity contribution in [2.75, 3.05) is 6.54 Å². The molecule has 0 bridgehead atoms. The van der Waals surface area contributed by atoms with Crippen LogP contribution in [0.5, 0.6) is 0 Å². The van der Waals surface area contributed by atoms with Crippen molar-refractivity contribution in [2.45, 2.75) is 18.9 Å². The summed E-state index contributed by atoms with van der Waals surface area (Å²) in [5.74, 6) is -0.484. The second kappa shape index (κ2) is 6.25. The van der Waals surface area contributed by atoms with Gasteiger partial charge in [0, 0.05) is 25.4 Å². The number of likely N-dealkylation sites (tertiary alicyclic amines) is 1. The van der Waals surface area contributed by atoms with Crippen molar-refractivity contribution in [3.8, 4) is 0 Å². The smallest absolute Gasteiger partial charge is 0.354 e. The van der Waals surface area contributed by atoms with Crippen LogP contribution < -0.4 is 0 Å². The van der Waals surface area contributed by atoms with Gasteiger partial charge in [0.1, 0.15) is 11.5 Å². The lowest BCUT2D eigenvalue weighted by molar-refractivity contribution is 0.0690. The zero-order chi connectivity index (χ0) is 18.3. The number of nitrogens with zero attached hydrogens (tertiary/aromatic N) is 4. The number of fused-ring (bicyclic) bond motifs is 1. The van der Waals surface area contributed by atoms with E-state index in [4.69, 9.17) is 10.1 Å². The first kappa shape index (κ1) is 16.3. The van der Waals surface area contributed by atoms with E-state index in [1.54, 1.807) is 11.0 Å². The summed E-state index contributed by atoms with van der Waals surface area (Å²) in [7, 11) is 1.96. The number of hydrogen-bond donors (Lipinski definition) is 1. The molecule has 1 amide bonds. The molecule has 2 aromatic heterocycles. The van der Waals surface area contributed by atoms with Gasteiger partial charge in [0.2, 0.25) is 0 Å². The van der Waals surface area contributed by atoms with Crippen LogP contribution >= 0.6 is 0 Å². The molecule has 1 aliphatic rings. The van der Waals surface area contributed by atoms with Gasteiger partial charge in [-0.25, -0.2) is 14.8 Å². The molecule has 1 saturated heterocycles. The van der Waals surface area contributed by atoms with Gasteiger partial charge < -0.3 is 14.6 Å². The molecule has 3 aromatic rings. The molecule has 1 unspecified atom stereocenters. The molecule has 0 spiro atoms. The molecular formula is C19H18N4O3. The average Bonchev–Trinajstić information content (AvgIpc) is 3.26. The zero-order valence-corrected chi connectivity index (χ0v) is 14.3. The van der Waals surface area contributed by atoms with E-state index in [1.807, 2.05) is 35.9 Å². The van der Waals surface area contributed by atoms with Crippen molar-refractivity contribution in [1.82, 2.24) is 19.4 Å². The summed E-state index contributed by atoms with van der Waals surface area (Å²) in [4.78, 5) is 34.4. The lowest BCUT2D eigenvalue weighted by atomic mass is 10.1. The van der Waals surface area contributed by atoms with Crippen LogP contribution in [0.25, 0.3) is 11.0 Å². The maximum atomic E-state index is 13.0. The van der Waals surface area contributed by atoms with Crippen LogP contribution in [-0.4, -0.2) is 43.0 Å². The van der Waals surface area contributed by atoms with Crippen LogP contribution in [0.15, 0.2) is 42.6 Å². The number of para-hydroxylation sites is 2. The molecule has 7 nitrogen and oxygen atoms in total. The second-order valence-electron chi connectivity index (χ2n) is 6.41. The highest BCUT2D eigenvalue weighted by molar-refractivity contribution is 5.97. The average molecular weight is 350 g/mol. The summed E-state index contributed by atoms with van der Waals surface area (Å²) in [5.41, 5.74) is 2.14. The Morgan fingerprint density at radius 3 is 2.81 bits per heavy atom. The van der Waals surface area contributed by atoms with Gasteiger partial charge in [-0.2, -0.15) is 0 Å². The van der Waals surface area contributed by atoms with Crippen molar-refractivity contribution in [2.24, 2.45) is 7.05 Å². The van der Waals surface area contributed by atoms with E-state index in [1.165, 1.54) is 12.3 Å². The number of pyridine rings is 1. The molecule has 3 heterocycles. The SMILES string of the molecule is Cn1c(C2CCCN2C(=O)c2ccnc(C(=O)O)c2)nc2ccccc21. The summed E-state index contributed by atoms with van der Waals surface area (Å²) in [6, 6.07) is 10.6. The van der Waals surface area contributed by atoms with E-state index in [-0.39, 0.29) is 17.6 Å². The first-order chi connectivity index (χ1) is 12.6. The Labute approximate surface area is 149 Å². The lowest BCUT2D eigenvalue weighted by Crippen LogP contribution is -2.32. The van der Waals surface area contributed by atoms with E-state index in [9.17, 15) is 9.59 Å². The molecule has 1 atom stereocenters. The highest BCUT2D eigenvalue weighted by Crippen LogP contribution is 2.34. The van der Waals surface area contributed by atoms with Crippen LogP contribution in [0.4, 0.5) is 0 Å². The minimum Gasteiger partial charge on any atom is -0.477 e. The van der Waals surface area contributed by atoms with Crippen LogP contribution in [0.2, 0.25) is 0 Å². The number of rotatable bonds is 3. The Morgan fingerprint density at radius 2 is 2.04 bits per heavy atom. The van der Waals surface area contributed by atoms with Gasteiger partial charge in [-0.1, -0.05) is 12.1 Å². The minimum absolute atomic E-state index is 0.124. The highest BCUT2D eigenvalue weighted by atomic mass is 16.4. The van der Waals surface area contributed by atoms with Crippen molar-refractivity contribution < 1.29 is 14.7 Å². The topological polar surface area (TPSA) is 88.3 Å². The second-order valence-corrected chi connectivity index (χ2v) is 6.41. The molecule has 26 heavy (non-hydrogen) atoms.